The van der Waals surface area contributed by atoms with E-state index in [1.165, 1.54) is 35.0 Å². The Kier molecular flexibility index (Phi) is 5.44. The SMILES string of the molecule is O=c1c(O)c(-c2ccc(O)cc2)oc2c(N3CCCS3(=O)=O)cc(NC3CCCCC3)cc12. The smallest absolute Gasteiger partial charge is 0.235 e. The Balaban J connectivity index is 1.71. The third kappa shape index (κ3) is 4.01. The first kappa shape index (κ1) is 21.6. The van der Waals surface area contributed by atoms with Gasteiger partial charge in [0.1, 0.15) is 5.75 Å². The molecule has 8 nitrogen and oxygen atoms in total. The first-order valence-electron chi connectivity index (χ1n) is 11.2. The molecule has 174 valence electrons. The molecule has 0 unspecified atom stereocenters. The molecule has 33 heavy (non-hydrogen) atoms. The van der Waals surface area contributed by atoms with Crippen molar-refractivity contribution in [1.29, 1.82) is 0 Å². The van der Waals surface area contributed by atoms with Crippen LogP contribution < -0.4 is 15.1 Å². The molecule has 5 rings (SSSR count). The number of anilines is 2. The van der Waals surface area contributed by atoms with Crippen molar-refractivity contribution in [3.8, 4) is 22.8 Å². The van der Waals surface area contributed by atoms with E-state index in [-0.39, 0.29) is 34.3 Å². The Morgan fingerprint density at radius 2 is 1.73 bits per heavy atom. The van der Waals surface area contributed by atoms with Crippen LogP contribution in [0.3, 0.4) is 0 Å². The third-order valence-electron chi connectivity index (χ3n) is 6.42. The zero-order valence-corrected chi connectivity index (χ0v) is 18.9. The molecular weight excluding hydrogens is 444 g/mol. The average Bonchev–Trinajstić information content (AvgIpc) is 3.16. The molecule has 2 aliphatic rings. The standard InChI is InChI=1S/C24H26N2O6S/c27-18-9-7-15(8-10-18)23-22(29)21(28)19-13-17(25-16-5-2-1-3-6-16)14-20(24(19)32-23)26-11-4-12-33(26,30)31/h7-10,13-14,16,25,27,29H,1-6,11-12H2. The molecule has 1 aromatic heterocycles. The van der Waals surface area contributed by atoms with Gasteiger partial charge in [0.2, 0.25) is 21.2 Å². The Morgan fingerprint density at radius 3 is 2.39 bits per heavy atom. The van der Waals surface area contributed by atoms with Crippen molar-refractivity contribution in [2.24, 2.45) is 0 Å². The van der Waals surface area contributed by atoms with Crippen molar-refractivity contribution >= 4 is 32.4 Å². The van der Waals surface area contributed by atoms with Gasteiger partial charge in [-0.3, -0.25) is 9.10 Å². The monoisotopic (exact) mass is 470 g/mol. The van der Waals surface area contributed by atoms with Crippen molar-refractivity contribution in [2.75, 3.05) is 21.9 Å². The summed E-state index contributed by atoms with van der Waals surface area (Å²) in [6, 6.07) is 9.47. The summed E-state index contributed by atoms with van der Waals surface area (Å²) in [5, 5.41) is 23.8. The van der Waals surface area contributed by atoms with Crippen molar-refractivity contribution < 1.29 is 23.0 Å². The van der Waals surface area contributed by atoms with Crippen LogP contribution in [0, 0.1) is 0 Å². The van der Waals surface area contributed by atoms with Gasteiger partial charge in [-0.05, 0) is 55.7 Å². The van der Waals surface area contributed by atoms with E-state index in [9.17, 15) is 23.4 Å². The van der Waals surface area contributed by atoms with Gasteiger partial charge in [-0.1, -0.05) is 19.3 Å². The molecule has 3 aromatic rings. The number of aromatic hydroxyl groups is 2. The van der Waals surface area contributed by atoms with Gasteiger partial charge in [0.25, 0.3) is 0 Å². The molecule has 3 N–H and O–H groups in total. The predicted octanol–water partition coefficient (Wildman–Crippen LogP) is 4.16. The topological polar surface area (TPSA) is 120 Å². The van der Waals surface area contributed by atoms with Gasteiger partial charge >= 0.3 is 0 Å². The van der Waals surface area contributed by atoms with E-state index in [0.29, 0.717) is 29.9 Å². The third-order valence-corrected chi connectivity index (χ3v) is 8.28. The zero-order chi connectivity index (χ0) is 23.2. The molecule has 1 saturated carbocycles. The van der Waals surface area contributed by atoms with Gasteiger partial charge in [-0.25, -0.2) is 8.42 Å². The molecule has 0 bridgehead atoms. The molecule has 9 heteroatoms. The Labute approximate surface area is 191 Å². The van der Waals surface area contributed by atoms with E-state index < -0.39 is 21.2 Å². The minimum absolute atomic E-state index is 0.0297. The van der Waals surface area contributed by atoms with E-state index in [4.69, 9.17) is 4.42 Å². The van der Waals surface area contributed by atoms with Gasteiger partial charge in [0, 0.05) is 23.8 Å². The highest BCUT2D eigenvalue weighted by molar-refractivity contribution is 7.93. The van der Waals surface area contributed by atoms with E-state index in [2.05, 4.69) is 5.32 Å². The van der Waals surface area contributed by atoms with Crippen LogP contribution in [-0.4, -0.2) is 37.0 Å². The van der Waals surface area contributed by atoms with Crippen LogP contribution in [0.2, 0.25) is 0 Å². The van der Waals surface area contributed by atoms with Crippen LogP contribution in [0.1, 0.15) is 38.5 Å². The van der Waals surface area contributed by atoms with Crippen molar-refractivity contribution in [2.45, 2.75) is 44.6 Å². The number of nitrogens with one attached hydrogen (secondary N) is 1. The maximum absolute atomic E-state index is 13.2. The van der Waals surface area contributed by atoms with Crippen LogP contribution in [-0.2, 0) is 10.0 Å². The van der Waals surface area contributed by atoms with Crippen LogP contribution in [0.15, 0.2) is 45.6 Å². The van der Waals surface area contributed by atoms with Crippen LogP contribution in [0.4, 0.5) is 11.4 Å². The summed E-state index contributed by atoms with van der Waals surface area (Å²) in [6.45, 7) is 0.295. The lowest BCUT2D eigenvalue weighted by Gasteiger charge is -2.25. The molecule has 0 amide bonds. The number of hydrogen-bond donors (Lipinski definition) is 3. The molecule has 2 fully saturated rings. The molecule has 0 atom stereocenters. The quantitative estimate of drug-likeness (QED) is 0.524. The van der Waals surface area contributed by atoms with Gasteiger partial charge < -0.3 is 19.9 Å². The van der Waals surface area contributed by atoms with Gasteiger partial charge in [-0.15, -0.1) is 0 Å². The molecule has 0 spiro atoms. The summed E-state index contributed by atoms with van der Waals surface area (Å²) in [7, 11) is -3.54. The molecule has 1 aliphatic heterocycles. The maximum Gasteiger partial charge on any atom is 0.235 e. The fourth-order valence-electron chi connectivity index (χ4n) is 4.74. The molecule has 1 saturated heterocycles. The molecule has 0 radical (unpaired) electrons. The van der Waals surface area contributed by atoms with E-state index >= 15 is 0 Å². The van der Waals surface area contributed by atoms with E-state index in [1.54, 1.807) is 12.1 Å². The largest absolute Gasteiger partial charge is 0.508 e. The molecule has 2 aromatic carbocycles. The second-order valence-corrected chi connectivity index (χ2v) is 10.8. The minimum atomic E-state index is -3.54. The Bertz CT molecular complexity index is 1360. The van der Waals surface area contributed by atoms with Crippen molar-refractivity contribution in [3.05, 3.63) is 46.6 Å². The maximum atomic E-state index is 13.2. The second-order valence-electron chi connectivity index (χ2n) is 8.75. The molecule has 1 aliphatic carbocycles. The van der Waals surface area contributed by atoms with Crippen LogP contribution >= 0.6 is 0 Å². The van der Waals surface area contributed by atoms with Gasteiger partial charge in [-0.2, -0.15) is 0 Å². The first-order valence-corrected chi connectivity index (χ1v) is 12.8. The fourth-order valence-corrected chi connectivity index (χ4v) is 6.30. The lowest BCUT2D eigenvalue weighted by molar-refractivity contribution is 0.449. The highest BCUT2D eigenvalue weighted by Gasteiger charge is 2.32. The number of hydrogen-bond acceptors (Lipinski definition) is 7. The van der Waals surface area contributed by atoms with Crippen LogP contribution in [0.25, 0.3) is 22.3 Å². The number of nitrogens with zero attached hydrogens (tertiary/aromatic N) is 1. The number of phenols is 1. The zero-order valence-electron chi connectivity index (χ0n) is 18.1. The number of fused-ring (bicyclic) bond motifs is 1. The van der Waals surface area contributed by atoms with Gasteiger partial charge in [0.15, 0.2) is 11.3 Å². The van der Waals surface area contributed by atoms with Gasteiger partial charge in [0.05, 0.1) is 16.8 Å². The minimum Gasteiger partial charge on any atom is -0.508 e. The lowest BCUT2D eigenvalue weighted by atomic mass is 9.95. The summed E-state index contributed by atoms with van der Waals surface area (Å²) >= 11 is 0. The first-order chi connectivity index (χ1) is 15.8. The highest BCUT2D eigenvalue weighted by Crippen LogP contribution is 2.39. The highest BCUT2D eigenvalue weighted by atomic mass is 32.2. The summed E-state index contributed by atoms with van der Waals surface area (Å²) in [4.78, 5) is 13.2. The molecule has 2 heterocycles. The van der Waals surface area contributed by atoms with Crippen LogP contribution in [0.5, 0.6) is 11.5 Å². The summed E-state index contributed by atoms with van der Waals surface area (Å²) in [5.41, 5.74) is 0.796. The summed E-state index contributed by atoms with van der Waals surface area (Å²) in [5.74, 6) is -0.567. The molecular formula is C24H26N2O6S. The number of rotatable bonds is 4. The number of sulfonamides is 1. The van der Waals surface area contributed by atoms with Crippen molar-refractivity contribution in [1.82, 2.24) is 0 Å². The van der Waals surface area contributed by atoms with E-state index in [1.807, 2.05) is 0 Å². The number of benzene rings is 2. The predicted molar refractivity (Wildman–Crippen MR) is 127 cm³/mol. The normalized spacial score (nSPS) is 18.6. The lowest BCUT2D eigenvalue weighted by Crippen LogP contribution is -2.26. The Hall–Kier alpha value is -3.20. The van der Waals surface area contributed by atoms with Crippen molar-refractivity contribution in [3.63, 3.8) is 0 Å². The fraction of sp³-hybridized carbons (Fsp3) is 0.375. The summed E-state index contributed by atoms with van der Waals surface area (Å²) < 4.78 is 32.8. The second kappa shape index (κ2) is 8.30. The summed E-state index contributed by atoms with van der Waals surface area (Å²) in [6.07, 6.45) is 5.95. The average molecular weight is 471 g/mol. The Morgan fingerprint density at radius 1 is 1.00 bits per heavy atom. The van der Waals surface area contributed by atoms with E-state index in [0.717, 1.165) is 25.7 Å². The number of phenolic OH excluding ortho intramolecular Hbond substituents is 1.